The Kier molecular flexibility index (Phi) is 3.75. The predicted octanol–water partition coefficient (Wildman–Crippen LogP) is 3.51. The van der Waals surface area contributed by atoms with E-state index in [0.717, 1.165) is 25.0 Å². The number of phenolic OH excluding ortho intramolecular Hbond substituents is 1. The highest BCUT2D eigenvalue weighted by atomic mass is 19.1. The molecule has 0 aliphatic heterocycles. The molecule has 0 saturated heterocycles. The van der Waals surface area contributed by atoms with Crippen LogP contribution >= 0.6 is 0 Å². The Bertz CT molecular complexity index is 1200. The number of aryl methyl sites for hydroxylation is 1. The van der Waals surface area contributed by atoms with E-state index in [1.165, 1.54) is 29.6 Å². The van der Waals surface area contributed by atoms with Gasteiger partial charge >= 0.3 is 0 Å². The summed E-state index contributed by atoms with van der Waals surface area (Å²) in [5.41, 5.74) is 11.5. The smallest absolute Gasteiger partial charge is 0.164 e. The highest BCUT2D eigenvalue weighted by molar-refractivity contribution is 5.88. The van der Waals surface area contributed by atoms with Gasteiger partial charge in [0, 0.05) is 12.0 Å². The second-order valence-corrected chi connectivity index (χ2v) is 7.10. The number of aromatic nitrogens is 4. The minimum Gasteiger partial charge on any atom is -0.505 e. The lowest BCUT2D eigenvalue weighted by Gasteiger charge is -2.23. The van der Waals surface area contributed by atoms with Crippen LogP contribution in [0.15, 0.2) is 48.8 Å². The Morgan fingerprint density at radius 2 is 1.93 bits per heavy atom. The summed E-state index contributed by atoms with van der Waals surface area (Å²) in [6.45, 7) is 0. The lowest BCUT2D eigenvalue weighted by atomic mass is 9.82. The lowest BCUT2D eigenvalue weighted by molar-refractivity contribution is 0.432. The number of nitrogen functional groups attached to an aromatic ring is 1. The van der Waals surface area contributed by atoms with E-state index in [1.807, 2.05) is 0 Å². The van der Waals surface area contributed by atoms with Crippen molar-refractivity contribution in [3.05, 3.63) is 71.4 Å². The summed E-state index contributed by atoms with van der Waals surface area (Å²) in [4.78, 5) is 8.55. The third-order valence-electron chi connectivity index (χ3n) is 5.42. The fraction of sp³-hybridized carbons (Fsp3) is 0.190. The Morgan fingerprint density at radius 3 is 2.75 bits per heavy atom. The van der Waals surface area contributed by atoms with Gasteiger partial charge in [-0.1, -0.05) is 24.3 Å². The summed E-state index contributed by atoms with van der Waals surface area (Å²) in [5, 5.41) is 14.6. The van der Waals surface area contributed by atoms with Crippen molar-refractivity contribution in [3.8, 4) is 11.4 Å². The van der Waals surface area contributed by atoms with Crippen LogP contribution in [-0.4, -0.2) is 24.9 Å². The molecule has 0 saturated carbocycles. The van der Waals surface area contributed by atoms with Gasteiger partial charge < -0.3 is 10.8 Å². The third-order valence-corrected chi connectivity index (χ3v) is 5.42. The maximum absolute atomic E-state index is 13.5. The topological polar surface area (TPSA) is 89.9 Å². The van der Waals surface area contributed by atoms with Gasteiger partial charge in [-0.2, -0.15) is 5.10 Å². The number of hydrogen-bond acceptors (Lipinski definition) is 5. The number of hydrogen-bond donors (Lipinski definition) is 2. The number of rotatable bonds is 2. The second kappa shape index (κ2) is 6.30. The zero-order valence-corrected chi connectivity index (χ0v) is 15.0. The van der Waals surface area contributed by atoms with Crippen LogP contribution in [0.1, 0.15) is 29.2 Å². The minimum atomic E-state index is -0.687. The van der Waals surface area contributed by atoms with Crippen molar-refractivity contribution in [1.82, 2.24) is 19.7 Å². The average Bonchev–Trinajstić information content (AvgIpc) is 3.11. The first-order valence-electron chi connectivity index (χ1n) is 9.16. The molecule has 0 bridgehead atoms. The Morgan fingerprint density at radius 1 is 1.11 bits per heavy atom. The van der Waals surface area contributed by atoms with E-state index in [-0.39, 0.29) is 5.92 Å². The molecule has 0 fully saturated rings. The summed E-state index contributed by atoms with van der Waals surface area (Å²) >= 11 is 0. The summed E-state index contributed by atoms with van der Waals surface area (Å²) in [6, 6.07) is 12.5. The van der Waals surface area contributed by atoms with Crippen LogP contribution in [0.25, 0.3) is 16.7 Å². The van der Waals surface area contributed by atoms with E-state index < -0.39 is 11.6 Å². The molecule has 1 atom stereocenters. The zero-order valence-electron chi connectivity index (χ0n) is 15.0. The van der Waals surface area contributed by atoms with E-state index in [2.05, 4.69) is 34.2 Å². The molecule has 7 heteroatoms. The Labute approximate surface area is 160 Å². The van der Waals surface area contributed by atoms with Crippen LogP contribution < -0.4 is 5.73 Å². The fourth-order valence-corrected chi connectivity index (χ4v) is 4.02. The first kappa shape index (κ1) is 16.7. The lowest BCUT2D eigenvalue weighted by Crippen LogP contribution is -2.13. The van der Waals surface area contributed by atoms with Crippen molar-refractivity contribution < 1.29 is 9.50 Å². The average molecular weight is 375 g/mol. The molecule has 0 amide bonds. The number of nitrogens with two attached hydrogens (primary N) is 1. The maximum Gasteiger partial charge on any atom is 0.164 e. The molecule has 0 radical (unpaired) electrons. The van der Waals surface area contributed by atoms with Gasteiger partial charge in [-0.3, -0.25) is 0 Å². The van der Waals surface area contributed by atoms with Gasteiger partial charge in [-0.05, 0) is 42.5 Å². The molecule has 28 heavy (non-hydrogen) atoms. The number of aromatic hydroxyl groups is 1. The number of phenols is 1. The minimum absolute atomic E-state index is 0.196. The highest BCUT2D eigenvalue weighted by Crippen LogP contribution is 2.36. The largest absolute Gasteiger partial charge is 0.505 e. The number of anilines is 1. The molecular formula is C21H18FN5O. The third kappa shape index (κ3) is 2.58. The first-order valence-corrected chi connectivity index (χ1v) is 9.16. The number of nitrogens with zero attached hydrogens (tertiary/aromatic N) is 4. The Hall–Kier alpha value is -3.48. The number of fused-ring (bicyclic) bond motifs is 2. The van der Waals surface area contributed by atoms with Gasteiger partial charge in [0.1, 0.15) is 17.4 Å². The zero-order chi connectivity index (χ0) is 19.3. The van der Waals surface area contributed by atoms with Crippen molar-refractivity contribution >= 4 is 16.9 Å². The van der Waals surface area contributed by atoms with Crippen LogP contribution in [0, 0.1) is 5.82 Å². The normalized spacial score (nSPS) is 16.2. The maximum atomic E-state index is 13.5. The summed E-state index contributed by atoms with van der Waals surface area (Å²) in [6.07, 6.45) is 4.25. The van der Waals surface area contributed by atoms with Gasteiger partial charge in [0.05, 0.1) is 11.4 Å². The van der Waals surface area contributed by atoms with E-state index in [1.54, 1.807) is 10.7 Å². The van der Waals surface area contributed by atoms with Gasteiger partial charge in [-0.25, -0.2) is 19.0 Å². The van der Waals surface area contributed by atoms with Gasteiger partial charge in [-0.15, -0.1) is 0 Å². The van der Waals surface area contributed by atoms with Crippen LogP contribution in [0.3, 0.4) is 0 Å². The van der Waals surface area contributed by atoms with E-state index in [0.29, 0.717) is 22.5 Å². The first-order chi connectivity index (χ1) is 13.6. The molecule has 2 aromatic heterocycles. The molecule has 2 heterocycles. The molecule has 140 valence electrons. The van der Waals surface area contributed by atoms with Crippen molar-refractivity contribution in [3.63, 3.8) is 0 Å². The molecule has 6 nitrogen and oxygen atoms in total. The number of halogens is 1. The van der Waals surface area contributed by atoms with Gasteiger partial charge in [0.2, 0.25) is 0 Å². The van der Waals surface area contributed by atoms with E-state index in [4.69, 9.17) is 10.8 Å². The predicted molar refractivity (Wildman–Crippen MR) is 104 cm³/mol. The fourth-order valence-electron chi connectivity index (χ4n) is 4.02. The summed E-state index contributed by atoms with van der Waals surface area (Å²) in [5.74, 6) is -0.635. The van der Waals surface area contributed by atoms with Crippen LogP contribution in [0.2, 0.25) is 0 Å². The summed E-state index contributed by atoms with van der Waals surface area (Å²) in [7, 11) is 0. The second-order valence-electron chi connectivity index (χ2n) is 7.10. The van der Waals surface area contributed by atoms with Crippen LogP contribution in [-0.2, 0) is 12.8 Å². The van der Waals surface area contributed by atoms with Crippen molar-refractivity contribution in [2.75, 3.05) is 5.73 Å². The highest BCUT2D eigenvalue weighted by Gasteiger charge is 2.27. The summed E-state index contributed by atoms with van der Waals surface area (Å²) < 4.78 is 15.1. The molecular weight excluding hydrogens is 357 g/mol. The van der Waals surface area contributed by atoms with E-state index in [9.17, 15) is 9.50 Å². The standard InChI is InChI=1S/C21H18FN5O/c22-16-8-7-15(10-17(16)28)27-20-19(24-11-25-21(20)23)18(26-27)14-6-5-12-3-1-2-4-13(12)9-14/h1-4,7-8,10-11,14,28H,5-6,9H2,(H2,23,24,25). The Balaban J connectivity index is 1.67. The SMILES string of the molecule is Nc1ncnc2c(C3CCc4ccccc4C3)nn(-c3ccc(F)c(O)c3)c12. The van der Waals surface area contributed by atoms with Crippen LogP contribution in [0.5, 0.6) is 5.75 Å². The molecule has 2 aromatic carbocycles. The molecule has 1 unspecified atom stereocenters. The molecule has 1 aliphatic rings. The van der Waals surface area contributed by atoms with E-state index >= 15 is 0 Å². The van der Waals surface area contributed by atoms with Crippen molar-refractivity contribution in [2.24, 2.45) is 0 Å². The van der Waals surface area contributed by atoms with Gasteiger partial charge in [0.25, 0.3) is 0 Å². The van der Waals surface area contributed by atoms with Crippen molar-refractivity contribution in [1.29, 1.82) is 0 Å². The number of benzene rings is 2. The van der Waals surface area contributed by atoms with Gasteiger partial charge in [0.15, 0.2) is 17.4 Å². The molecule has 4 aromatic rings. The van der Waals surface area contributed by atoms with Crippen LogP contribution in [0.4, 0.5) is 10.2 Å². The molecule has 1 aliphatic carbocycles. The molecule has 0 spiro atoms. The van der Waals surface area contributed by atoms with Crippen molar-refractivity contribution in [2.45, 2.75) is 25.2 Å². The quantitative estimate of drug-likeness (QED) is 0.560. The monoisotopic (exact) mass is 375 g/mol. The molecule has 5 rings (SSSR count). The molecule has 3 N–H and O–H groups in total.